The number of carboxylic acid groups (broad SMARTS) is 1. The summed E-state index contributed by atoms with van der Waals surface area (Å²) in [6, 6.07) is 4.71. The van der Waals surface area contributed by atoms with E-state index in [1.807, 2.05) is 0 Å². The molecule has 0 amide bonds. The summed E-state index contributed by atoms with van der Waals surface area (Å²) in [5.41, 5.74) is 0.781. The zero-order valence-electron chi connectivity index (χ0n) is 8.41. The maximum Gasteiger partial charge on any atom is 0.307 e. The van der Waals surface area contributed by atoms with Gasteiger partial charge in [0.2, 0.25) is 0 Å². The van der Waals surface area contributed by atoms with E-state index in [-0.39, 0.29) is 17.8 Å². The number of carbonyl (C=O) groups is 1. The monoisotopic (exact) mass is 287 g/mol. The molecule has 1 aliphatic heterocycles. The van der Waals surface area contributed by atoms with Gasteiger partial charge in [-0.05, 0) is 34.0 Å². The molecule has 16 heavy (non-hydrogen) atoms. The van der Waals surface area contributed by atoms with Gasteiger partial charge in [0.15, 0.2) is 0 Å². The van der Waals surface area contributed by atoms with Gasteiger partial charge >= 0.3 is 5.97 Å². The number of hydrogen-bond donors (Lipinski definition) is 2. The Balaban J connectivity index is 2.21. The van der Waals surface area contributed by atoms with E-state index < -0.39 is 5.97 Å². The summed E-state index contributed by atoms with van der Waals surface area (Å²) in [6.07, 6.45) is 0.497. The Kier molecular flexibility index (Phi) is 3.25. The summed E-state index contributed by atoms with van der Waals surface area (Å²) >= 11 is 3.18. The van der Waals surface area contributed by atoms with Crippen molar-refractivity contribution in [1.29, 1.82) is 0 Å². The molecule has 3 nitrogen and oxygen atoms in total. The molecule has 0 aromatic heterocycles. The van der Waals surface area contributed by atoms with E-state index in [2.05, 4.69) is 21.2 Å². The molecule has 1 saturated heterocycles. The number of aliphatic carboxylic acids is 1. The molecule has 1 aromatic carbocycles. The van der Waals surface area contributed by atoms with Crippen molar-refractivity contribution in [2.45, 2.75) is 12.5 Å². The van der Waals surface area contributed by atoms with Crippen LogP contribution in [0.25, 0.3) is 0 Å². The van der Waals surface area contributed by atoms with Crippen LogP contribution < -0.4 is 5.32 Å². The highest BCUT2D eigenvalue weighted by atomic mass is 79.9. The number of rotatable bonds is 2. The van der Waals surface area contributed by atoms with Crippen molar-refractivity contribution in [1.82, 2.24) is 5.32 Å². The second kappa shape index (κ2) is 4.51. The van der Waals surface area contributed by atoms with Gasteiger partial charge in [-0.25, -0.2) is 4.39 Å². The Morgan fingerprint density at radius 3 is 2.94 bits per heavy atom. The molecular weight excluding hydrogens is 277 g/mol. The molecule has 2 unspecified atom stereocenters. The summed E-state index contributed by atoms with van der Waals surface area (Å²) in [5, 5.41) is 12.0. The average Bonchev–Trinajstić information content (AvgIpc) is 2.71. The van der Waals surface area contributed by atoms with Crippen molar-refractivity contribution in [3.05, 3.63) is 34.1 Å². The number of nitrogens with one attached hydrogen (secondary N) is 1. The molecule has 0 radical (unpaired) electrons. The zero-order valence-corrected chi connectivity index (χ0v) is 10.00. The Morgan fingerprint density at radius 1 is 1.56 bits per heavy atom. The van der Waals surface area contributed by atoms with Crippen LogP contribution in [0.2, 0.25) is 0 Å². The summed E-state index contributed by atoms with van der Waals surface area (Å²) in [7, 11) is 0. The van der Waals surface area contributed by atoms with Crippen molar-refractivity contribution < 1.29 is 14.3 Å². The van der Waals surface area contributed by atoms with Crippen LogP contribution in [0.3, 0.4) is 0 Å². The highest BCUT2D eigenvalue weighted by Gasteiger charge is 2.31. The fraction of sp³-hybridized carbons (Fsp3) is 0.364. The fourth-order valence-corrected chi connectivity index (χ4v) is 2.49. The van der Waals surface area contributed by atoms with Crippen LogP contribution in [-0.4, -0.2) is 17.6 Å². The van der Waals surface area contributed by atoms with E-state index in [1.54, 1.807) is 12.1 Å². The minimum atomic E-state index is -0.803. The quantitative estimate of drug-likeness (QED) is 0.878. The SMILES string of the molecule is O=C(O)C1CNC(c2cccc(F)c2Br)C1. The van der Waals surface area contributed by atoms with Gasteiger partial charge in [0.05, 0.1) is 10.4 Å². The molecule has 2 rings (SSSR count). The van der Waals surface area contributed by atoms with Crippen LogP contribution in [0.1, 0.15) is 18.0 Å². The van der Waals surface area contributed by atoms with E-state index in [4.69, 9.17) is 5.11 Å². The first-order chi connectivity index (χ1) is 7.59. The van der Waals surface area contributed by atoms with Crippen LogP contribution in [0.5, 0.6) is 0 Å². The van der Waals surface area contributed by atoms with Crippen molar-refractivity contribution in [2.75, 3.05) is 6.54 Å². The minimum absolute atomic E-state index is 0.0915. The van der Waals surface area contributed by atoms with Gasteiger partial charge in [-0.2, -0.15) is 0 Å². The van der Waals surface area contributed by atoms with E-state index >= 15 is 0 Å². The first-order valence-electron chi connectivity index (χ1n) is 4.99. The lowest BCUT2D eigenvalue weighted by molar-refractivity contribution is -0.141. The van der Waals surface area contributed by atoms with Gasteiger partial charge in [-0.1, -0.05) is 12.1 Å². The second-order valence-corrected chi connectivity index (χ2v) is 4.67. The topological polar surface area (TPSA) is 49.3 Å². The molecule has 0 aliphatic carbocycles. The molecule has 0 saturated carbocycles. The standard InChI is InChI=1S/C11H11BrFNO2/c12-10-7(2-1-3-8(10)13)9-4-6(5-14-9)11(15)16/h1-3,6,9,14H,4-5H2,(H,15,16). The van der Waals surface area contributed by atoms with Gasteiger partial charge in [-0.3, -0.25) is 4.79 Å². The predicted octanol–water partition coefficient (Wildman–Crippen LogP) is 2.32. The molecule has 1 heterocycles. The van der Waals surface area contributed by atoms with Crippen LogP contribution in [0, 0.1) is 11.7 Å². The summed E-state index contributed by atoms with van der Waals surface area (Å²) in [4.78, 5) is 10.8. The smallest absolute Gasteiger partial charge is 0.307 e. The molecule has 5 heteroatoms. The van der Waals surface area contributed by atoms with E-state index in [0.717, 1.165) is 5.56 Å². The maximum absolute atomic E-state index is 13.3. The number of halogens is 2. The first kappa shape index (κ1) is 11.5. The third kappa shape index (κ3) is 2.10. The highest BCUT2D eigenvalue weighted by molar-refractivity contribution is 9.10. The fourth-order valence-electron chi connectivity index (χ4n) is 1.95. The molecule has 1 aliphatic rings. The van der Waals surface area contributed by atoms with Gasteiger partial charge < -0.3 is 10.4 Å². The number of benzene rings is 1. The van der Waals surface area contributed by atoms with Crippen LogP contribution in [-0.2, 0) is 4.79 Å². The van der Waals surface area contributed by atoms with Crippen molar-refractivity contribution >= 4 is 21.9 Å². The Bertz CT molecular complexity index is 424. The summed E-state index contributed by atoms with van der Waals surface area (Å²) in [6.45, 7) is 0.433. The third-order valence-electron chi connectivity index (χ3n) is 2.84. The molecule has 0 bridgehead atoms. The van der Waals surface area contributed by atoms with Crippen molar-refractivity contribution in [3.8, 4) is 0 Å². The van der Waals surface area contributed by atoms with E-state index in [1.165, 1.54) is 6.07 Å². The van der Waals surface area contributed by atoms with Gasteiger partial charge in [0.1, 0.15) is 5.82 Å². The molecule has 0 spiro atoms. The molecule has 1 aromatic rings. The molecule has 2 atom stereocenters. The van der Waals surface area contributed by atoms with Crippen molar-refractivity contribution in [3.63, 3.8) is 0 Å². The van der Waals surface area contributed by atoms with Crippen molar-refractivity contribution in [2.24, 2.45) is 5.92 Å². The molecular formula is C11H11BrFNO2. The Morgan fingerprint density at radius 2 is 2.31 bits per heavy atom. The Hall–Kier alpha value is -0.940. The second-order valence-electron chi connectivity index (χ2n) is 3.87. The highest BCUT2D eigenvalue weighted by Crippen LogP contribution is 2.33. The normalized spacial score (nSPS) is 24.6. The van der Waals surface area contributed by atoms with E-state index in [9.17, 15) is 9.18 Å². The number of hydrogen-bond acceptors (Lipinski definition) is 2. The third-order valence-corrected chi connectivity index (χ3v) is 3.67. The van der Waals surface area contributed by atoms with E-state index in [0.29, 0.717) is 17.4 Å². The predicted molar refractivity (Wildman–Crippen MR) is 60.6 cm³/mol. The molecule has 2 N–H and O–H groups in total. The largest absolute Gasteiger partial charge is 0.481 e. The molecule has 86 valence electrons. The van der Waals surface area contributed by atoms with Gasteiger partial charge in [-0.15, -0.1) is 0 Å². The lowest BCUT2D eigenvalue weighted by Crippen LogP contribution is -2.17. The summed E-state index contributed by atoms with van der Waals surface area (Å²) in [5.74, 6) is -1.51. The lowest BCUT2D eigenvalue weighted by atomic mass is 10.0. The summed E-state index contributed by atoms with van der Waals surface area (Å²) < 4.78 is 13.7. The lowest BCUT2D eigenvalue weighted by Gasteiger charge is -2.12. The van der Waals surface area contributed by atoms with Crippen LogP contribution >= 0.6 is 15.9 Å². The molecule has 1 fully saturated rings. The van der Waals surface area contributed by atoms with Crippen LogP contribution in [0.15, 0.2) is 22.7 Å². The van der Waals surface area contributed by atoms with Gasteiger partial charge in [0, 0.05) is 12.6 Å². The maximum atomic E-state index is 13.3. The first-order valence-corrected chi connectivity index (χ1v) is 5.79. The average molecular weight is 288 g/mol. The Labute approximate surface area is 101 Å². The van der Waals surface area contributed by atoms with Crippen LogP contribution in [0.4, 0.5) is 4.39 Å². The minimum Gasteiger partial charge on any atom is -0.481 e. The number of carboxylic acids is 1. The van der Waals surface area contributed by atoms with Gasteiger partial charge in [0.25, 0.3) is 0 Å². The zero-order chi connectivity index (χ0) is 11.7.